The number of aromatic amines is 1. The summed E-state index contributed by atoms with van der Waals surface area (Å²) in [5, 5.41) is 19.4. The molecule has 1 aliphatic carbocycles. The van der Waals surface area contributed by atoms with E-state index in [0.29, 0.717) is 6.42 Å². The van der Waals surface area contributed by atoms with Crippen molar-refractivity contribution < 1.29 is 14.9 Å². The Morgan fingerprint density at radius 1 is 1.53 bits per heavy atom. The van der Waals surface area contributed by atoms with Crippen molar-refractivity contribution in [2.75, 3.05) is 6.61 Å². The van der Waals surface area contributed by atoms with Crippen LogP contribution in [-0.4, -0.2) is 38.6 Å². The van der Waals surface area contributed by atoms with E-state index in [4.69, 9.17) is 4.74 Å². The van der Waals surface area contributed by atoms with Crippen LogP contribution in [0.3, 0.4) is 0 Å². The number of hydrogen-bond donors (Lipinski definition) is 3. The average Bonchev–Trinajstić information content (AvgIpc) is 2.89. The number of H-pyrrole nitrogens is 1. The molecule has 2 fully saturated rings. The number of hydrogen-bond acceptors (Lipinski definition) is 5. The molecule has 2 heterocycles. The number of ether oxygens (including phenoxy) is 1. The Morgan fingerprint density at radius 2 is 2.32 bits per heavy atom. The zero-order chi connectivity index (χ0) is 13.6. The van der Waals surface area contributed by atoms with Crippen molar-refractivity contribution in [1.82, 2.24) is 9.55 Å². The fourth-order valence-corrected chi connectivity index (χ4v) is 3.38. The minimum absolute atomic E-state index is 0.242. The van der Waals surface area contributed by atoms with Gasteiger partial charge in [0.05, 0.1) is 12.7 Å². The number of nitrogens with one attached hydrogen (secondary N) is 1. The van der Waals surface area contributed by atoms with Gasteiger partial charge in [-0.05, 0) is 19.3 Å². The van der Waals surface area contributed by atoms with Gasteiger partial charge in [-0.15, -0.1) is 0 Å². The Bertz CT molecular complexity index is 594. The van der Waals surface area contributed by atoms with E-state index in [0.717, 1.165) is 12.8 Å². The molecule has 3 N–H and O–H groups in total. The molecule has 1 aromatic rings. The lowest BCUT2D eigenvalue weighted by molar-refractivity contribution is -0.125. The first-order valence-corrected chi connectivity index (χ1v) is 6.38. The quantitative estimate of drug-likeness (QED) is 0.621. The van der Waals surface area contributed by atoms with Crippen molar-refractivity contribution in [3.63, 3.8) is 0 Å². The third-order valence-corrected chi connectivity index (χ3v) is 4.19. The van der Waals surface area contributed by atoms with E-state index in [9.17, 15) is 19.8 Å². The number of aliphatic hydroxyl groups is 2. The Labute approximate surface area is 108 Å². The Hall–Kier alpha value is -1.44. The molecule has 19 heavy (non-hydrogen) atoms. The normalized spacial score (nSPS) is 37.5. The van der Waals surface area contributed by atoms with E-state index >= 15 is 0 Å². The maximum absolute atomic E-state index is 11.9. The maximum atomic E-state index is 11.9. The first-order valence-electron chi connectivity index (χ1n) is 6.38. The average molecular weight is 268 g/mol. The molecule has 0 unspecified atom stereocenters. The summed E-state index contributed by atoms with van der Waals surface area (Å²) in [5.74, 6) is -0.242. The van der Waals surface area contributed by atoms with E-state index in [1.54, 1.807) is 0 Å². The van der Waals surface area contributed by atoms with Gasteiger partial charge in [0.25, 0.3) is 5.56 Å². The molecule has 0 radical (unpaired) electrons. The smallest absolute Gasteiger partial charge is 0.330 e. The van der Waals surface area contributed by atoms with E-state index in [1.165, 1.54) is 16.8 Å². The second-order valence-corrected chi connectivity index (χ2v) is 5.15. The van der Waals surface area contributed by atoms with Crippen LogP contribution in [0.5, 0.6) is 0 Å². The molecule has 1 saturated carbocycles. The lowest BCUT2D eigenvalue weighted by Crippen LogP contribution is -2.46. The SMILES string of the molecule is O=c1ccn([C@@]23CCC[C@@H]2[C@H](O)[C@@H](CO)O3)c(=O)[nH]1. The molecule has 4 atom stereocenters. The van der Waals surface area contributed by atoms with Gasteiger partial charge in [-0.1, -0.05) is 0 Å². The minimum Gasteiger partial charge on any atom is -0.394 e. The second kappa shape index (κ2) is 4.29. The van der Waals surface area contributed by atoms with Crippen LogP contribution in [0.4, 0.5) is 0 Å². The lowest BCUT2D eigenvalue weighted by atomic mass is 9.94. The van der Waals surface area contributed by atoms with Gasteiger partial charge in [0.1, 0.15) is 6.10 Å². The Kier molecular flexibility index (Phi) is 2.84. The first-order chi connectivity index (χ1) is 9.08. The Balaban J connectivity index is 2.11. The predicted octanol–water partition coefficient (Wildman–Crippen LogP) is -1.26. The van der Waals surface area contributed by atoms with Crippen LogP contribution >= 0.6 is 0 Å². The van der Waals surface area contributed by atoms with Gasteiger partial charge in [0.2, 0.25) is 0 Å². The highest BCUT2D eigenvalue weighted by atomic mass is 16.6. The molecule has 0 bridgehead atoms. The van der Waals surface area contributed by atoms with Crippen LogP contribution in [0.25, 0.3) is 0 Å². The molecule has 104 valence electrons. The summed E-state index contributed by atoms with van der Waals surface area (Å²) in [6, 6.07) is 1.26. The van der Waals surface area contributed by atoms with Gasteiger partial charge in [0.15, 0.2) is 5.72 Å². The van der Waals surface area contributed by atoms with Crippen LogP contribution < -0.4 is 11.2 Å². The maximum Gasteiger partial charge on any atom is 0.330 e. The molecular weight excluding hydrogens is 252 g/mol. The van der Waals surface area contributed by atoms with E-state index < -0.39 is 29.2 Å². The highest BCUT2D eigenvalue weighted by Gasteiger charge is 2.58. The summed E-state index contributed by atoms with van der Waals surface area (Å²) in [6.45, 7) is -0.294. The summed E-state index contributed by atoms with van der Waals surface area (Å²) in [4.78, 5) is 25.3. The van der Waals surface area contributed by atoms with Gasteiger partial charge in [-0.25, -0.2) is 4.79 Å². The number of aliphatic hydroxyl groups excluding tert-OH is 2. The van der Waals surface area contributed by atoms with Gasteiger partial charge in [-0.3, -0.25) is 14.3 Å². The third kappa shape index (κ3) is 1.69. The molecule has 7 nitrogen and oxygen atoms in total. The number of fused-ring (bicyclic) bond motifs is 1. The number of aromatic nitrogens is 2. The first kappa shape index (κ1) is 12.6. The molecule has 1 aliphatic heterocycles. The van der Waals surface area contributed by atoms with E-state index in [1.807, 2.05) is 0 Å². The summed E-state index contributed by atoms with van der Waals surface area (Å²) in [7, 11) is 0. The highest BCUT2D eigenvalue weighted by Crippen LogP contribution is 2.50. The van der Waals surface area contributed by atoms with Crippen LogP contribution in [0.1, 0.15) is 19.3 Å². The van der Waals surface area contributed by atoms with Crippen molar-refractivity contribution >= 4 is 0 Å². The molecule has 1 saturated heterocycles. The molecule has 3 rings (SSSR count). The molecule has 0 aromatic carbocycles. The fraction of sp³-hybridized carbons (Fsp3) is 0.667. The number of rotatable bonds is 2. The summed E-state index contributed by atoms with van der Waals surface area (Å²) < 4.78 is 7.12. The predicted molar refractivity (Wildman–Crippen MR) is 64.6 cm³/mol. The molecule has 1 aromatic heterocycles. The zero-order valence-corrected chi connectivity index (χ0v) is 10.3. The standard InChI is InChI=1S/C12H16N2O5/c15-6-8-10(17)7-2-1-4-12(7,19-8)14-5-3-9(16)13-11(14)18/h3,5,7-8,10,15,17H,1-2,4,6H2,(H,13,16,18)/t7-,8-,10+,12-/m1/s1. The molecule has 0 amide bonds. The van der Waals surface area contributed by atoms with Gasteiger partial charge in [-0.2, -0.15) is 0 Å². The van der Waals surface area contributed by atoms with E-state index in [2.05, 4.69) is 4.98 Å². The van der Waals surface area contributed by atoms with Crippen LogP contribution in [0.15, 0.2) is 21.9 Å². The summed E-state index contributed by atoms with van der Waals surface area (Å²) in [6.07, 6.45) is 2.04. The molecule has 2 aliphatic rings. The van der Waals surface area contributed by atoms with Gasteiger partial charge in [0, 0.05) is 18.2 Å². The van der Waals surface area contributed by atoms with Crippen LogP contribution in [-0.2, 0) is 10.5 Å². The molecular formula is C12H16N2O5. The van der Waals surface area contributed by atoms with Crippen molar-refractivity contribution in [1.29, 1.82) is 0 Å². The topological polar surface area (TPSA) is 105 Å². The molecule has 7 heteroatoms. The van der Waals surface area contributed by atoms with Gasteiger partial charge >= 0.3 is 5.69 Å². The van der Waals surface area contributed by atoms with Crippen LogP contribution in [0, 0.1) is 5.92 Å². The van der Waals surface area contributed by atoms with E-state index in [-0.39, 0.29) is 12.5 Å². The van der Waals surface area contributed by atoms with Crippen molar-refractivity contribution in [2.24, 2.45) is 5.92 Å². The zero-order valence-electron chi connectivity index (χ0n) is 10.3. The van der Waals surface area contributed by atoms with Crippen molar-refractivity contribution in [3.8, 4) is 0 Å². The highest BCUT2D eigenvalue weighted by molar-refractivity contribution is 5.04. The second-order valence-electron chi connectivity index (χ2n) is 5.15. The molecule has 0 spiro atoms. The third-order valence-electron chi connectivity index (χ3n) is 4.19. The van der Waals surface area contributed by atoms with Crippen molar-refractivity contribution in [3.05, 3.63) is 33.1 Å². The largest absolute Gasteiger partial charge is 0.394 e. The summed E-state index contributed by atoms with van der Waals surface area (Å²) >= 11 is 0. The minimum atomic E-state index is -0.950. The fourth-order valence-electron chi connectivity index (χ4n) is 3.38. The summed E-state index contributed by atoms with van der Waals surface area (Å²) in [5.41, 5.74) is -1.97. The Morgan fingerprint density at radius 3 is 3.00 bits per heavy atom. The number of nitrogens with zero attached hydrogens (tertiary/aromatic N) is 1. The van der Waals surface area contributed by atoms with Gasteiger partial charge < -0.3 is 14.9 Å². The van der Waals surface area contributed by atoms with Crippen LogP contribution in [0.2, 0.25) is 0 Å². The van der Waals surface area contributed by atoms with Crippen molar-refractivity contribution in [2.45, 2.75) is 37.2 Å². The lowest BCUT2D eigenvalue weighted by Gasteiger charge is -2.30. The monoisotopic (exact) mass is 268 g/mol.